The predicted molar refractivity (Wildman–Crippen MR) is 56.2 cm³/mol. The van der Waals surface area contributed by atoms with Gasteiger partial charge in [0, 0.05) is 12.1 Å². The topological polar surface area (TPSA) is 12.0 Å². The molecule has 1 heterocycles. The van der Waals surface area contributed by atoms with Gasteiger partial charge in [-0.3, -0.25) is 0 Å². The summed E-state index contributed by atoms with van der Waals surface area (Å²) in [4.78, 5) is 0. The summed E-state index contributed by atoms with van der Waals surface area (Å²) in [6, 6.07) is 6.81. The molecule has 1 aliphatic rings. The van der Waals surface area contributed by atoms with Gasteiger partial charge >= 0.3 is 0 Å². The molecule has 3 heteroatoms. The molecule has 0 radical (unpaired) electrons. The van der Waals surface area contributed by atoms with Gasteiger partial charge in [0.25, 0.3) is 6.43 Å². The van der Waals surface area contributed by atoms with Crippen LogP contribution in [-0.4, -0.2) is 13.1 Å². The second kappa shape index (κ2) is 4.71. The smallest absolute Gasteiger partial charge is 0.263 e. The monoisotopic (exact) mass is 211 g/mol. The second-order valence-electron chi connectivity index (χ2n) is 4.01. The maximum Gasteiger partial charge on any atom is 0.263 e. The van der Waals surface area contributed by atoms with Crippen LogP contribution in [0.2, 0.25) is 0 Å². The van der Waals surface area contributed by atoms with E-state index in [2.05, 4.69) is 5.32 Å². The minimum absolute atomic E-state index is 0.137. The van der Waals surface area contributed by atoms with Gasteiger partial charge < -0.3 is 5.32 Å². The number of nitrogens with one attached hydrogen (secondary N) is 1. The Balaban J connectivity index is 2.16. The minimum atomic E-state index is -2.36. The van der Waals surface area contributed by atoms with Gasteiger partial charge in [-0.25, -0.2) is 8.78 Å². The maximum atomic E-state index is 12.5. The molecule has 1 atom stereocenters. The number of hydrogen-bond acceptors (Lipinski definition) is 1. The Labute approximate surface area is 88.5 Å². The third kappa shape index (κ3) is 2.53. The lowest BCUT2D eigenvalue weighted by molar-refractivity contribution is 0.151. The molecular formula is C12H15F2N. The van der Waals surface area contributed by atoms with E-state index in [0.717, 1.165) is 31.5 Å². The van der Waals surface area contributed by atoms with E-state index in [4.69, 9.17) is 0 Å². The highest BCUT2D eigenvalue weighted by Gasteiger charge is 2.16. The molecule has 1 unspecified atom stereocenters. The first kappa shape index (κ1) is 10.6. The van der Waals surface area contributed by atoms with Crippen LogP contribution in [0, 0.1) is 0 Å². The summed E-state index contributed by atoms with van der Waals surface area (Å²) in [6.45, 7) is 1.96. The van der Waals surface area contributed by atoms with Crippen LogP contribution < -0.4 is 5.32 Å². The molecule has 1 N–H and O–H groups in total. The molecule has 0 spiro atoms. The summed E-state index contributed by atoms with van der Waals surface area (Å²) in [5.74, 6) is 0.400. The molecule has 1 aromatic rings. The van der Waals surface area contributed by atoms with E-state index in [1.807, 2.05) is 6.07 Å². The van der Waals surface area contributed by atoms with Crippen LogP contribution in [0.1, 0.15) is 36.3 Å². The standard InChI is InChI=1S/C12H15F2N/c13-12(14)10-4-1-3-9(7-10)11-5-2-6-15-8-11/h1,3-4,7,11-12,15H,2,5-6,8H2. The van der Waals surface area contributed by atoms with Crippen molar-refractivity contribution in [1.29, 1.82) is 0 Å². The Morgan fingerprint density at radius 2 is 2.20 bits per heavy atom. The van der Waals surface area contributed by atoms with Crippen molar-refractivity contribution in [2.45, 2.75) is 25.2 Å². The molecule has 1 saturated heterocycles. The van der Waals surface area contributed by atoms with Gasteiger partial charge in [0.1, 0.15) is 0 Å². The summed E-state index contributed by atoms with van der Waals surface area (Å²) in [7, 11) is 0. The van der Waals surface area contributed by atoms with Crippen molar-refractivity contribution in [1.82, 2.24) is 5.32 Å². The Morgan fingerprint density at radius 1 is 1.33 bits per heavy atom. The zero-order valence-electron chi connectivity index (χ0n) is 8.55. The van der Waals surface area contributed by atoms with Crippen molar-refractivity contribution >= 4 is 0 Å². The fourth-order valence-electron chi connectivity index (χ4n) is 2.09. The van der Waals surface area contributed by atoms with E-state index in [0.29, 0.717) is 5.92 Å². The number of hydrogen-bond donors (Lipinski definition) is 1. The minimum Gasteiger partial charge on any atom is -0.316 e. The molecule has 0 aromatic heterocycles. The van der Waals surface area contributed by atoms with Crippen molar-refractivity contribution in [3.05, 3.63) is 35.4 Å². The van der Waals surface area contributed by atoms with Gasteiger partial charge in [-0.2, -0.15) is 0 Å². The van der Waals surface area contributed by atoms with Gasteiger partial charge in [-0.1, -0.05) is 18.2 Å². The zero-order chi connectivity index (χ0) is 10.7. The predicted octanol–water partition coefficient (Wildman–Crippen LogP) is 3.09. The summed E-state index contributed by atoms with van der Waals surface area (Å²) >= 11 is 0. The van der Waals surface area contributed by atoms with E-state index in [9.17, 15) is 8.78 Å². The SMILES string of the molecule is FC(F)c1cccc(C2CCCNC2)c1. The summed E-state index contributed by atoms with van der Waals surface area (Å²) in [6.07, 6.45) is -0.134. The molecule has 0 saturated carbocycles. The van der Waals surface area contributed by atoms with Crippen LogP contribution in [0.15, 0.2) is 24.3 Å². The van der Waals surface area contributed by atoms with Gasteiger partial charge in [0.05, 0.1) is 0 Å². The molecule has 1 nitrogen and oxygen atoms in total. The molecule has 1 aliphatic heterocycles. The molecule has 2 rings (SSSR count). The van der Waals surface area contributed by atoms with Gasteiger partial charge in [0.2, 0.25) is 0 Å². The quantitative estimate of drug-likeness (QED) is 0.792. The Hall–Kier alpha value is -0.960. The average Bonchev–Trinajstić information content (AvgIpc) is 2.30. The highest BCUT2D eigenvalue weighted by atomic mass is 19.3. The van der Waals surface area contributed by atoms with Gasteiger partial charge in [-0.05, 0) is 36.9 Å². The summed E-state index contributed by atoms with van der Waals surface area (Å²) in [5.41, 5.74) is 1.18. The highest BCUT2D eigenvalue weighted by molar-refractivity contribution is 5.27. The van der Waals surface area contributed by atoms with E-state index in [-0.39, 0.29) is 5.56 Å². The van der Waals surface area contributed by atoms with Crippen molar-refractivity contribution in [2.75, 3.05) is 13.1 Å². The average molecular weight is 211 g/mol. The van der Waals surface area contributed by atoms with Gasteiger partial charge in [0.15, 0.2) is 0 Å². The molecule has 1 fully saturated rings. The molecule has 0 aliphatic carbocycles. The second-order valence-corrected chi connectivity index (χ2v) is 4.01. The molecule has 82 valence electrons. The van der Waals surface area contributed by atoms with Crippen molar-refractivity contribution in [3.63, 3.8) is 0 Å². The molecule has 1 aromatic carbocycles. The Kier molecular flexibility index (Phi) is 3.31. The number of piperidine rings is 1. The maximum absolute atomic E-state index is 12.5. The van der Waals surface area contributed by atoms with Crippen molar-refractivity contribution < 1.29 is 8.78 Å². The van der Waals surface area contributed by atoms with Crippen LogP contribution in [0.4, 0.5) is 8.78 Å². The van der Waals surface area contributed by atoms with Crippen LogP contribution in [0.5, 0.6) is 0 Å². The van der Waals surface area contributed by atoms with E-state index < -0.39 is 6.43 Å². The molecule has 0 amide bonds. The van der Waals surface area contributed by atoms with Crippen LogP contribution in [0.3, 0.4) is 0 Å². The Morgan fingerprint density at radius 3 is 2.87 bits per heavy atom. The fraction of sp³-hybridized carbons (Fsp3) is 0.500. The number of rotatable bonds is 2. The molecule has 0 bridgehead atoms. The van der Waals surface area contributed by atoms with E-state index in [1.165, 1.54) is 6.07 Å². The van der Waals surface area contributed by atoms with Crippen LogP contribution in [0.25, 0.3) is 0 Å². The first-order chi connectivity index (χ1) is 7.27. The largest absolute Gasteiger partial charge is 0.316 e. The summed E-state index contributed by atoms with van der Waals surface area (Å²) in [5, 5.41) is 3.29. The number of alkyl halides is 2. The van der Waals surface area contributed by atoms with E-state index in [1.54, 1.807) is 12.1 Å². The lowest BCUT2D eigenvalue weighted by Gasteiger charge is -2.23. The highest BCUT2D eigenvalue weighted by Crippen LogP contribution is 2.27. The third-order valence-corrected chi connectivity index (χ3v) is 2.93. The van der Waals surface area contributed by atoms with Crippen molar-refractivity contribution in [3.8, 4) is 0 Å². The van der Waals surface area contributed by atoms with Crippen LogP contribution in [-0.2, 0) is 0 Å². The lowest BCUT2D eigenvalue weighted by atomic mass is 9.91. The number of halogens is 2. The van der Waals surface area contributed by atoms with Gasteiger partial charge in [-0.15, -0.1) is 0 Å². The summed E-state index contributed by atoms with van der Waals surface area (Å²) < 4.78 is 25.0. The first-order valence-electron chi connectivity index (χ1n) is 5.36. The molecular weight excluding hydrogens is 196 g/mol. The number of benzene rings is 1. The lowest BCUT2D eigenvalue weighted by Crippen LogP contribution is -2.28. The fourth-order valence-corrected chi connectivity index (χ4v) is 2.09. The van der Waals surface area contributed by atoms with E-state index >= 15 is 0 Å². The zero-order valence-corrected chi connectivity index (χ0v) is 8.55. The van der Waals surface area contributed by atoms with Crippen molar-refractivity contribution in [2.24, 2.45) is 0 Å². The Bertz CT molecular complexity index is 319. The van der Waals surface area contributed by atoms with Crippen LogP contribution >= 0.6 is 0 Å². The first-order valence-corrected chi connectivity index (χ1v) is 5.36. The third-order valence-electron chi connectivity index (χ3n) is 2.93. The normalized spacial score (nSPS) is 21.9. The molecule has 15 heavy (non-hydrogen) atoms.